The van der Waals surface area contributed by atoms with Gasteiger partial charge in [0.2, 0.25) is 0 Å². The fourth-order valence-electron chi connectivity index (χ4n) is 1.65. The fourth-order valence-corrected chi connectivity index (χ4v) is 1.65. The van der Waals surface area contributed by atoms with Crippen molar-refractivity contribution in [3.05, 3.63) is 24.3 Å². The van der Waals surface area contributed by atoms with E-state index in [4.69, 9.17) is 0 Å². The number of nitrogens with zero attached hydrogens (tertiary/aromatic N) is 6. The molecule has 0 unspecified atom stereocenters. The number of anilines is 1. The van der Waals surface area contributed by atoms with E-state index in [1.54, 1.807) is 0 Å². The molecule has 1 aliphatic heterocycles. The molecular weight excluding hydrogens is 355 g/mol. The van der Waals surface area contributed by atoms with Crippen LogP contribution in [0.15, 0.2) is 34.5 Å². The number of rotatable bonds is 2. The molecule has 0 spiro atoms. The van der Waals surface area contributed by atoms with Gasteiger partial charge in [-0.15, -0.1) is 0 Å². The van der Waals surface area contributed by atoms with Crippen LogP contribution < -0.4 is 34.0 Å². The highest BCUT2D eigenvalue weighted by Crippen LogP contribution is 2.18. The number of azo groups is 1. The average molecular weight is 373 g/mol. The highest BCUT2D eigenvalue weighted by molar-refractivity contribution is 5.80. The highest BCUT2D eigenvalue weighted by Gasteiger charge is 2.27. The molecule has 0 saturated heterocycles. The lowest BCUT2D eigenvalue weighted by Crippen LogP contribution is -3.00. The third kappa shape index (κ3) is 4.05. The van der Waals surface area contributed by atoms with Crippen LogP contribution in [0.25, 0.3) is 0 Å². The molecule has 103 valence electrons. The highest BCUT2D eigenvalue weighted by atomic mass is 127. The molecule has 1 aromatic carbocycles. The lowest BCUT2D eigenvalue weighted by atomic mass is 10.3. The third-order valence-corrected chi connectivity index (χ3v) is 2.64. The number of guanidine groups is 1. The number of halogens is 1. The van der Waals surface area contributed by atoms with Crippen molar-refractivity contribution in [3.63, 3.8) is 0 Å². The van der Waals surface area contributed by atoms with Crippen molar-refractivity contribution >= 4 is 17.3 Å². The summed E-state index contributed by atoms with van der Waals surface area (Å²) in [5.74, 6) is 0.634. The van der Waals surface area contributed by atoms with Gasteiger partial charge in [0.25, 0.3) is 0 Å². The Balaban J connectivity index is 0.00000180. The summed E-state index contributed by atoms with van der Waals surface area (Å²) in [4.78, 5) is 3.99. The Bertz CT molecular complexity index is 468. The maximum absolute atomic E-state index is 4.24. The van der Waals surface area contributed by atoms with Gasteiger partial charge in [-0.3, -0.25) is 0 Å². The minimum absolute atomic E-state index is 0. The van der Waals surface area contributed by atoms with E-state index >= 15 is 0 Å². The molecule has 0 amide bonds. The summed E-state index contributed by atoms with van der Waals surface area (Å²) in [6.07, 6.45) is 0. The first-order valence-corrected chi connectivity index (χ1v) is 5.76. The van der Waals surface area contributed by atoms with Crippen LogP contribution in [-0.2, 0) is 0 Å². The van der Waals surface area contributed by atoms with Crippen LogP contribution in [0.4, 0.5) is 11.4 Å². The predicted molar refractivity (Wildman–Crippen MR) is 72.8 cm³/mol. The molecule has 0 N–H and O–H groups in total. The van der Waals surface area contributed by atoms with E-state index in [1.165, 1.54) is 0 Å². The predicted octanol–water partition coefficient (Wildman–Crippen LogP) is -1.72. The zero-order valence-electron chi connectivity index (χ0n) is 11.6. The fraction of sp³-hybridized carbons (Fsp3) is 0.417. The summed E-state index contributed by atoms with van der Waals surface area (Å²) in [5, 5.41) is 14.4. The minimum Gasteiger partial charge on any atom is -1.00 e. The van der Waals surface area contributed by atoms with E-state index in [-0.39, 0.29) is 24.0 Å². The molecule has 0 aromatic heterocycles. The Labute approximate surface area is 130 Å². The monoisotopic (exact) mass is 373 g/mol. The van der Waals surface area contributed by atoms with Gasteiger partial charge in [-0.1, -0.05) is 5.11 Å². The van der Waals surface area contributed by atoms with Crippen molar-refractivity contribution in [2.45, 2.75) is 0 Å². The largest absolute Gasteiger partial charge is 1.00 e. The Hall–Kier alpha value is -1.38. The molecule has 0 bridgehead atoms. The van der Waals surface area contributed by atoms with E-state index < -0.39 is 0 Å². The van der Waals surface area contributed by atoms with Gasteiger partial charge in [0.15, 0.2) is 6.67 Å². The minimum atomic E-state index is 0. The molecule has 1 radical (unpaired) electrons. The number of hydrogen-bond donors (Lipinski definition) is 0. The van der Waals surface area contributed by atoms with Crippen LogP contribution in [-0.4, -0.2) is 50.7 Å². The maximum atomic E-state index is 4.24. The van der Waals surface area contributed by atoms with Crippen LogP contribution in [0.1, 0.15) is 0 Å². The zero-order valence-corrected chi connectivity index (χ0v) is 13.7. The van der Waals surface area contributed by atoms with Gasteiger partial charge in [0.05, 0.1) is 12.2 Å². The van der Waals surface area contributed by atoms with Crippen molar-refractivity contribution in [1.29, 1.82) is 0 Å². The van der Waals surface area contributed by atoms with Crippen LogP contribution in [0.5, 0.6) is 0 Å². The van der Waals surface area contributed by atoms with Crippen molar-refractivity contribution in [2.24, 2.45) is 10.2 Å². The summed E-state index contributed by atoms with van der Waals surface area (Å²) < 4.78 is 0. The van der Waals surface area contributed by atoms with Gasteiger partial charge in [0, 0.05) is 31.9 Å². The molecule has 1 aromatic rings. The summed E-state index contributed by atoms with van der Waals surface area (Å²) >= 11 is 0. The third-order valence-electron chi connectivity index (χ3n) is 2.64. The Morgan fingerprint density at radius 1 is 1.11 bits per heavy atom. The Kier molecular flexibility index (Phi) is 5.52. The van der Waals surface area contributed by atoms with E-state index in [0.717, 1.165) is 18.0 Å². The molecule has 0 aliphatic carbocycles. The van der Waals surface area contributed by atoms with Crippen LogP contribution in [0.2, 0.25) is 0 Å². The number of hydrazone groups is 1. The van der Waals surface area contributed by atoms with E-state index in [0.29, 0.717) is 5.96 Å². The molecule has 0 atom stereocenters. The topological polar surface area (TPSA) is 48.5 Å². The SMILES string of the molecule is CN1CN(C)C(N=Nc2ccc(N(C)C)cc2)=[N+]1.[I-]. The van der Waals surface area contributed by atoms with Crippen molar-refractivity contribution < 1.29 is 24.0 Å². The van der Waals surface area contributed by atoms with Crippen LogP contribution in [0.3, 0.4) is 0 Å². The van der Waals surface area contributed by atoms with Crippen molar-refractivity contribution in [3.8, 4) is 0 Å². The van der Waals surface area contributed by atoms with Gasteiger partial charge in [-0.05, 0) is 24.3 Å². The average Bonchev–Trinajstić information content (AvgIpc) is 2.66. The van der Waals surface area contributed by atoms with Crippen molar-refractivity contribution in [2.75, 3.05) is 39.8 Å². The first-order valence-electron chi connectivity index (χ1n) is 5.76. The van der Waals surface area contributed by atoms with Gasteiger partial charge in [-0.2, -0.15) is 0 Å². The van der Waals surface area contributed by atoms with Gasteiger partial charge in [0.1, 0.15) is 5.69 Å². The number of benzene rings is 1. The van der Waals surface area contributed by atoms with Crippen LogP contribution >= 0.6 is 0 Å². The second-order valence-corrected chi connectivity index (χ2v) is 4.51. The van der Waals surface area contributed by atoms with E-state index in [2.05, 4.69) is 15.3 Å². The van der Waals surface area contributed by atoms with Crippen LogP contribution in [0, 0.1) is 0 Å². The molecule has 7 heteroatoms. The van der Waals surface area contributed by atoms with E-state index in [9.17, 15) is 0 Å². The summed E-state index contributed by atoms with van der Waals surface area (Å²) in [6.45, 7) is 0.744. The summed E-state index contributed by atoms with van der Waals surface area (Å²) in [7, 11) is 7.87. The molecule has 19 heavy (non-hydrogen) atoms. The summed E-state index contributed by atoms with van der Waals surface area (Å²) in [6, 6.07) is 7.91. The molecular formula is C12H18IN6. The Morgan fingerprint density at radius 3 is 2.21 bits per heavy atom. The molecule has 2 rings (SSSR count). The summed E-state index contributed by atoms with van der Waals surface area (Å²) in [5.41, 5.74) is 1.97. The molecule has 1 aliphatic rings. The number of hydrogen-bond acceptors (Lipinski definition) is 6. The van der Waals surface area contributed by atoms with Crippen molar-refractivity contribution in [1.82, 2.24) is 15.0 Å². The quantitative estimate of drug-likeness (QED) is 0.458. The van der Waals surface area contributed by atoms with Gasteiger partial charge >= 0.3 is 5.96 Å². The lowest BCUT2D eigenvalue weighted by Gasteiger charge is -2.11. The molecule has 1 heterocycles. The lowest BCUT2D eigenvalue weighted by molar-refractivity contribution is -0.00000409. The molecule has 0 saturated carbocycles. The normalized spacial score (nSPS) is 14.6. The Morgan fingerprint density at radius 2 is 1.74 bits per heavy atom. The maximum Gasteiger partial charge on any atom is 0.472 e. The zero-order chi connectivity index (χ0) is 13.1. The first-order chi connectivity index (χ1) is 8.56. The second kappa shape index (κ2) is 6.69. The first kappa shape index (κ1) is 15.7. The van der Waals surface area contributed by atoms with Gasteiger partial charge < -0.3 is 28.9 Å². The van der Waals surface area contributed by atoms with E-state index in [1.807, 2.05) is 67.3 Å². The van der Waals surface area contributed by atoms with Gasteiger partial charge in [-0.25, -0.2) is 9.91 Å². The standard InChI is InChI=1S/C12H18N6.HI/c1-16(2)11-7-5-10(6-8-11)13-14-12-15-18(4)9-17(12)3;/h5-8H,9H2,1-4H3;1H/q+1;/p-1. The molecule has 6 nitrogen and oxygen atoms in total. The smallest absolute Gasteiger partial charge is 0.472 e. The molecule has 0 fully saturated rings. The second-order valence-electron chi connectivity index (χ2n) is 4.51.